The fraction of sp³-hybridized carbons (Fsp3) is 0.375. The van der Waals surface area contributed by atoms with E-state index in [0.717, 1.165) is 44.0 Å². The van der Waals surface area contributed by atoms with Crippen molar-refractivity contribution in [2.45, 2.75) is 26.9 Å². The molecule has 0 aliphatic carbocycles. The molecule has 0 unspecified atom stereocenters. The maximum absolute atomic E-state index is 12.8. The third-order valence-electron chi connectivity index (χ3n) is 5.36. The Morgan fingerprint density at radius 3 is 2.46 bits per heavy atom. The van der Waals surface area contributed by atoms with Crippen LogP contribution in [0.2, 0.25) is 0 Å². The standard InChI is InChI=1S/C24H30N2O2/c1-19-9-7-13-23(20(19)2)28-21(3)24(27)26-17-15-25(16-18-26)14-8-12-22-10-5-4-6-11-22/h4-13,21H,14-18H2,1-3H3/b12-8+/t21-/m0/s1. The number of nitrogens with zero attached hydrogens (tertiary/aromatic N) is 2. The van der Waals surface area contributed by atoms with Crippen molar-refractivity contribution in [3.63, 3.8) is 0 Å². The van der Waals surface area contributed by atoms with Crippen molar-refractivity contribution in [3.8, 4) is 5.75 Å². The van der Waals surface area contributed by atoms with Gasteiger partial charge in [-0.2, -0.15) is 0 Å². The Hall–Kier alpha value is -2.59. The molecule has 4 heteroatoms. The highest BCUT2D eigenvalue weighted by atomic mass is 16.5. The number of hydrogen-bond acceptors (Lipinski definition) is 3. The molecule has 1 aliphatic heterocycles. The van der Waals surface area contributed by atoms with Crippen LogP contribution in [0.1, 0.15) is 23.6 Å². The molecule has 28 heavy (non-hydrogen) atoms. The Morgan fingerprint density at radius 1 is 1.04 bits per heavy atom. The lowest BCUT2D eigenvalue weighted by molar-refractivity contribution is -0.139. The van der Waals surface area contributed by atoms with Gasteiger partial charge in [-0.25, -0.2) is 0 Å². The van der Waals surface area contributed by atoms with Crippen molar-refractivity contribution in [3.05, 3.63) is 71.3 Å². The van der Waals surface area contributed by atoms with Gasteiger partial charge in [-0.05, 0) is 43.5 Å². The summed E-state index contributed by atoms with van der Waals surface area (Å²) in [6.07, 6.45) is 3.88. The van der Waals surface area contributed by atoms with Crippen molar-refractivity contribution in [2.75, 3.05) is 32.7 Å². The summed E-state index contributed by atoms with van der Waals surface area (Å²) in [4.78, 5) is 17.1. The second kappa shape index (κ2) is 9.56. The average Bonchev–Trinajstić information content (AvgIpc) is 2.72. The Bertz CT molecular complexity index is 809. The van der Waals surface area contributed by atoms with Crippen molar-refractivity contribution in [1.82, 2.24) is 9.80 Å². The first kappa shape index (κ1) is 20.2. The van der Waals surface area contributed by atoms with Gasteiger partial charge in [0.1, 0.15) is 5.75 Å². The highest BCUT2D eigenvalue weighted by Crippen LogP contribution is 2.22. The van der Waals surface area contributed by atoms with Crippen LogP contribution in [0.4, 0.5) is 0 Å². The summed E-state index contributed by atoms with van der Waals surface area (Å²) >= 11 is 0. The number of rotatable bonds is 6. The fourth-order valence-electron chi connectivity index (χ4n) is 3.40. The molecular formula is C24H30N2O2. The number of ether oxygens (including phenoxy) is 1. The normalized spacial score (nSPS) is 16.3. The molecule has 1 atom stereocenters. The van der Waals surface area contributed by atoms with E-state index in [1.807, 2.05) is 49.1 Å². The second-order valence-electron chi connectivity index (χ2n) is 7.40. The molecule has 148 valence electrons. The first-order valence-corrected chi connectivity index (χ1v) is 10.00. The number of piperazine rings is 1. The van der Waals surface area contributed by atoms with E-state index in [2.05, 4.69) is 42.2 Å². The lowest BCUT2D eigenvalue weighted by atomic mass is 10.1. The Labute approximate surface area is 168 Å². The summed E-state index contributed by atoms with van der Waals surface area (Å²) in [5.74, 6) is 0.867. The first-order chi connectivity index (χ1) is 13.5. The number of amides is 1. The average molecular weight is 379 g/mol. The molecule has 1 fully saturated rings. The number of carbonyl (C=O) groups is 1. The van der Waals surface area contributed by atoms with Crippen LogP contribution in [0.3, 0.4) is 0 Å². The molecule has 0 spiro atoms. The molecule has 4 nitrogen and oxygen atoms in total. The molecule has 1 saturated heterocycles. The second-order valence-corrected chi connectivity index (χ2v) is 7.40. The van der Waals surface area contributed by atoms with Crippen LogP contribution >= 0.6 is 0 Å². The minimum atomic E-state index is -0.468. The number of carbonyl (C=O) groups excluding carboxylic acids is 1. The van der Waals surface area contributed by atoms with E-state index < -0.39 is 6.10 Å². The minimum absolute atomic E-state index is 0.0698. The predicted molar refractivity (Wildman–Crippen MR) is 115 cm³/mol. The Kier molecular flexibility index (Phi) is 6.88. The molecule has 0 saturated carbocycles. The summed E-state index contributed by atoms with van der Waals surface area (Å²) in [7, 11) is 0. The summed E-state index contributed by atoms with van der Waals surface area (Å²) in [6.45, 7) is 10.1. The molecule has 0 radical (unpaired) electrons. The highest BCUT2D eigenvalue weighted by molar-refractivity contribution is 5.81. The van der Waals surface area contributed by atoms with Gasteiger partial charge in [0.05, 0.1) is 0 Å². The molecule has 0 bridgehead atoms. The van der Waals surface area contributed by atoms with Gasteiger partial charge >= 0.3 is 0 Å². The molecule has 1 heterocycles. The first-order valence-electron chi connectivity index (χ1n) is 10.00. The van der Waals surface area contributed by atoms with Crippen LogP contribution in [0.15, 0.2) is 54.6 Å². The van der Waals surface area contributed by atoms with E-state index in [9.17, 15) is 4.79 Å². The van der Waals surface area contributed by atoms with E-state index in [1.54, 1.807) is 0 Å². The zero-order valence-corrected chi connectivity index (χ0v) is 17.1. The molecule has 1 aliphatic rings. The number of hydrogen-bond donors (Lipinski definition) is 0. The highest BCUT2D eigenvalue weighted by Gasteiger charge is 2.26. The Balaban J connectivity index is 1.46. The number of aryl methyl sites for hydroxylation is 1. The van der Waals surface area contributed by atoms with Gasteiger partial charge in [0, 0.05) is 32.7 Å². The van der Waals surface area contributed by atoms with Crippen LogP contribution in [0.5, 0.6) is 5.75 Å². The van der Waals surface area contributed by atoms with Crippen molar-refractivity contribution in [1.29, 1.82) is 0 Å². The summed E-state index contributed by atoms with van der Waals surface area (Å²) < 4.78 is 5.97. The monoisotopic (exact) mass is 378 g/mol. The summed E-state index contributed by atoms with van der Waals surface area (Å²) in [5, 5.41) is 0. The molecule has 1 amide bonds. The van der Waals surface area contributed by atoms with E-state index in [1.165, 1.54) is 11.1 Å². The van der Waals surface area contributed by atoms with Gasteiger partial charge in [-0.1, -0.05) is 54.6 Å². The molecule has 2 aromatic rings. The van der Waals surface area contributed by atoms with Gasteiger partial charge in [0.15, 0.2) is 6.10 Å². The number of benzene rings is 2. The largest absolute Gasteiger partial charge is 0.481 e. The zero-order valence-electron chi connectivity index (χ0n) is 17.1. The van der Waals surface area contributed by atoms with E-state index in [4.69, 9.17) is 4.74 Å². The van der Waals surface area contributed by atoms with Crippen LogP contribution in [0.25, 0.3) is 6.08 Å². The third-order valence-corrected chi connectivity index (χ3v) is 5.36. The van der Waals surface area contributed by atoms with Crippen molar-refractivity contribution < 1.29 is 9.53 Å². The maximum atomic E-state index is 12.8. The lowest BCUT2D eigenvalue weighted by Crippen LogP contribution is -2.51. The van der Waals surface area contributed by atoms with Gasteiger partial charge < -0.3 is 9.64 Å². The topological polar surface area (TPSA) is 32.8 Å². The quantitative estimate of drug-likeness (QED) is 0.764. The zero-order chi connectivity index (χ0) is 19.9. The van der Waals surface area contributed by atoms with E-state index in [0.29, 0.717) is 0 Å². The summed E-state index contributed by atoms with van der Waals surface area (Å²) in [5.41, 5.74) is 3.49. The maximum Gasteiger partial charge on any atom is 0.263 e. The smallest absolute Gasteiger partial charge is 0.263 e. The molecule has 0 aromatic heterocycles. The van der Waals surface area contributed by atoms with Crippen LogP contribution < -0.4 is 4.74 Å². The van der Waals surface area contributed by atoms with Gasteiger partial charge in [0.25, 0.3) is 5.91 Å². The van der Waals surface area contributed by atoms with Crippen molar-refractivity contribution in [2.24, 2.45) is 0 Å². The van der Waals surface area contributed by atoms with Gasteiger partial charge in [-0.15, -0.1) is 0 Å². The summed E-state index contributed by atoms with van der Waals surface area (Å²) in [6, 6.07) is 16.3. The van der Waals surface area contributed by atoms with Crippen LogP contribution in [0, 0.1) is 13.8 Å². The minimum Gasteiger partial charge on any atom is -0.481 e. The van der Waals surface area contributed by atoms with Crippen LogP contribution in [-0.2, 0) is 4.79 Å². The Morgan fingerprint density at radius 2 is 1.75 bits per heavy atom. The van der Waals surface area contributed by atoms with Gasteiger partial charge in [-0.3, -0.25) is 9.69 Å². The molecular weight excluding hydrogens is 348 g/mol. The third kappa shape index (κ3) is 5.23. The van der Waals surface area contributed by atoms with Crippen LogP contribution in [-0.4, -0.2) is 54.5 Å². The predicted octanol–water partition coefficient (Wildman–Crippen LogP) is 3.93. The fourth-order valence-corrected chi connectivity index (χ4v) is 3.40. The molecule has 2 aromatic carbocycles. The van der Waals surface area contributed by atoms with E-state index in [-0.39, 0.29) is 5.91 Å². The SMILES string of the molecule is Cc1cccc(O[C@@H](C)C(=O)N2CCN(C/C=C/c3ccccc3)CC2)c1C. The van der Waals surface area contributed by atoms with E-state index >= 15 is 0 Å². The lowest BCUT2D eigenvalue weighted by Gasteiger charge is -2.35. The molecule has 0 N–H and O–H groups in total. The molecule has 3 rings (SSSR count). The van der Waals surface area contributed by atoms with Crippen molar-refractivity contribution >= 4 is 12.0 Å². The van der Waals surface area contributed by atoms with Gasteiger partial charge in [0.2, 0.25) is 0 Å².